The number of methoxy groups -OCH3 is 1. The molecule has 1 aliphatic heterocycles. The molecular weight excluding hydrogens is 484 g/mol. The first-order valence-electron chi connectivity index (χ1n) is 11.2. The van der Waals surface area contributed by atoms with Crippen molar-refractivity contribution in [2.45, 2.75) is 26.0 Å². The minimum absolute atomic E-state index is 0.139. The fourth-order valence-electron chi connectivity index (χ4n) is 3.54. The minimum Gasteiger partial charge on any atom is -0.495 e. The second kappa shape index (κ2) is 11.4. The van der Waals surface area contributed by atoms with E-state index in [1.165, 1.54) is 11.8 Å². The van der Waals surface area contributed by atoms with Gasteiger partial charge in [-0.3, -0.25) is 4.79 Å². The normalized spacial score (nSPS) is 16.2. The molecule has 0 aliphatic carbocycles. The third kappa shape index (κ3) is 6.44. The summed E-state index contributed by atoms with van der Waals surface area (Å²) in [4.78, 5) is 13.2. The average molecular weight is 511 g/mol. The van der Waals surface area contributed by atoms with Gasteiger partial charge in [-0.1, -0.05) is 47.6 Å². The number of carbonyl (C=O) groups is 1. The average Bonchev–Trinajstić information content (AvgIpc) is 3.18. The van der Waals surface area contributed by atoms with Crippen LogP contribution >= 0.6 is 23.4 Å². The molecule has 0 saturated carbocycles. The van der Waals surface area contributed by atoms with Crippen molar-refractivity contribution in [2.24, 2.45) is 0 Å². The van der Waals surface area contributed by atoms with Gasteiger partial charge in [0.15, 0.2) is 17.0 Å². The Morgan fingerprint density at radius 1 is 1.03 bits per heavy atom. The van der Waals surface area contributed by atoms with Crippen molar-refractivity contribution < 1.29 is 19.0 Å². The molecule has 3 aromatic rings. The maximum atomic E-state index is 12.6. The molecule has 1 heterocycles. The van der Waals surface area contributed by atoms with Crippen LogP contribution in [0.1, 0.15) is 23.6 Å². The van der Waals surface area contributed by atoms with Crippen molar-refractivity contribution in [1.82, 2.24) is 5.32 Å². The maximum absolute atomic E-state index is 12.6. The van der Waals surface area contributed by atoms with Crippen molar-refractivity contribution in [3.63, 3.8) is 0 Å². The van der Waals surface area contributed by atoms with Crippen molar-refractivity contribution in [3.05, 3.63) is 87.3 Å². The monoisotopic (exact) mass is 510 g/mol. The summed E-state index contributed by atoms with van der Waals surface area (Å²) >= 11 is 7.37. The van der Waals surface area contributed by atoms with Crippen LogP contribution in [0.5, 0.6) is 17.2 Å². The molecular formula is C27H27ClN2O4S. The second-order valence-electron chi connectivity index (χ2n) is 7.88. The molecule has 0 radical (unpaired) electrons. The van der Waals surface area contributed by atoms with E-state index in [9.17, 15) is 4.79 Å². The smallest absolute Gasteiger partial charge is 0.260 e. The first-order valence-corrected chi connectivity index (χ1v) is 12.5. The third-order valence-corrected chi connectivity index (χ3v) is 6.53. The summed E-state index contributed by atoms with van der Waals surface area (Å²) in [5, 5.41) is 6.98. The van der Waals surface area contributed by atoms with E-state index in [4.69, 9.17) is 25.8 Å². The molecule has 0 bridgehead atoms. The van der Waals surface area contributed by atoms with Gasteiger partial charge in [-0.2, -0.15) is 0 Å². The zero-order valence-corrected chi connectivity index (χ0v) is 21.3. The van der Waals surface area contributed by atoms with Crippen molar-refractivity contribution in [1.29, 1.82) is 0 Å². The molecule has 1 saturated heterocycles. The Balaban J connectivity index is 1.47. The van der Waals surface area contributed by atoms with Gasteiger partial charge in [0.1, 0.15) is 12.4 Å². The van der Waals surface area contributed by atoms with Gasteiger partial charge >= 0.3 is 0 Å². The Morgan fingerprint density at radius 2 is 1.80 bits per heavy atom. The molecule has 182 valence electrons. The van der Waals surface area contributed by atoms with Crippen molar-refractivity contribution in [3.8, 4) is 17.2 Å². The molecule has 0 spiro atoms. The molecule has 8 heteroatoms. The Morgan fingerprint density at radius 3 is 2.54 bits per heavy atom. The molecule has 3 aromatic carbocycles. The summed E-state index contributed by atoms with van der Waals surface area (Å²) in [6, 6.07) is 19.0. The Kier molecular flexibility index (Phi) is 8.10. The van der Waals surface area contributed by atoms with Gasteiger partial charge in [-0.15, -0.1) is 0 Å². The number of carbonyl (C=O) groups excluding carboxylic acids is 1. The van der Waals surface area contributed by atoms with Crippen LogP contribution in [-0.2, 0) is 11.4 Å². The van der Waals surface area contributed by atoms with Crippen molar-refractivity contribution >= 4 is 41.0 Å². The number of amides is 1. The predicted molar refractivity (Wildman–Crippen MR) is 142 cm³/mol. The van der Waals surface area contributed by atoms with Gasteiger partial charge in [0.05, 0.1) is 24.3 Å². The molecule has 1 amide bonds. The van der Waals surface area contributed by atoms with E-state index in [1.807, 2.05) is 80.6 Å². The van der Waals surface area contributed by atoms with Crippen LogP contribution in [0.15, 0.2) is 65.6 Å². The van der Waals surface area contributed by atoms with Gasteiger partial charge in [0.25, 0.3) is 5.91 Å². The standard InChI is InChI=1S/C27H27ClN2O4S/c1-4-33-24-14-19(8-12-23(24)34-16-18-6-9-20(28)10-7-18)15-25-26(31)30-27(35-25)29-21-13-17(2)5-11-22(21)32-3/h5-15,27,29H,4,16H2,1-3H3,(H,30,31)/b25-15-. The van der Waals surface area contributed by atoms with Crippen LogP contribution in [0.2, 0.25) is 5.02 Å². The van der Waals surface area contributed by atoms with Crippen LogP contribution in [0.3, 0.4) is 0 Å². The lowest BCUT2D eigenvalue weighted by Crippen LogP contribution is -2.31. The van der Waals surface area contributed by atoms with E-state index in [2.05, 4.69) is 10.6 Å². The van der Waals surface area contributed by atoms with E-state index >= 15 is 0 Å². The van der Waals surface area contributed by atoms with E-state index < -0.39 is 0 Å². The summed E-state index contributed by atoms with van der Waals surface area (Å²) in [5.74, 6) is 1.84. The fourth-order valence-corrected chi connectivity index (χ4v) is 4.64. The SMILES string of the molecule is CCOc1cc(/C=C2\SC(Nc3cc(C)ccc3OC)NC2=O)ccc1OCc1ccc(Cl)cc1. The maximum Gasteiger partial charge on any atom is 0.260 e. The number of benzene rings is 3. The van der Waals surface area contributed by atoms with Gasteiger partial charge < -0.3 is 24.8 Å². The zero-order chi connectivity index (χ0) is 24.8. The number of anilines is 1. The van der Waals surface area contributed by atoms with Crippen LogP contribution in [0.25, 0.3) is 6.08 Å². The molecule has 1 atom stereocenters. The topological polar surface area (TPSA) is 68.8 Å². The van der Waals surface area contributed by atoms with Gasteiger partial charge in [0, 0.05) is 5.02 Å². The number of halogens is 1. The number of thioether (sulfide) groups is 1. The highest BCUT2D eigenvalue weighted by molar-refractivity contribution is 8.05. The first-order chi connectivity index (χ1) is 16.9. The number of ether oxygens (including phenoxy) is 3. The minimum atomic E-state index is -0.308. The summed E-state index contributed by atoms with van der Waals surface area (Å²) in [6.45, 7) is 4.82. The molecule has 0 aromatic heterocycles. The lowest BCUT2D eigenvalue weighted by molar-refractivity contribution is -0.116. The molecule has 35 heavy (non-hydrogen) atoms. The predicted octanol–water partition coefficient (Wildman–Crippen LogP) is 6.23. The van der Waals surface area contributed by atoms with Crippen LogP contribution in [0.4, 0.5) is 5.69 Å². The highest BCUT2D eigenvalue weighted by Gasteiger charge is 2.28. The molecule has 2 N–H and O–H groups in total. The van der Waals surface area contributed by atoms with Gasteiger partial charge in [-0.05, 0) is 73.0 Å². The fraction of sp³-hybridized carbons (Fsp3) is 0.222. The van der Waals surface area contributed by atoms with Crippen LogP contribution < -0.4 is 24.8 Å². The largest absolute Gasteiger partial charge is 0.495 e. The van der Waals surface area contributed by atoms with Gasteiger partial charge in [-0.25, -0.2) is 0 Å². The Labute approximate surface area is 214 Å². The molecule has 1 fully saturated rings. The summed E-state index contributed by atoms with van der Waals surface area (Å²) in [5.41, 5.74) is 3.47. The third-order valence-electron chi connectivity index (χ3n) is 5.25. The van der Waals surface area contributed by atoms with Crippen molar-refractivity contribution in [2.75, 3.05) is 19.0 Å². The summed E-state index contributed by atoms with van der Waals surface area (Å²) in [6.07, 6.45) is 1.85. The number of nitrogens with one attached hydrogen (secondary N) is 2. The van der Waals surface area contributed by atoms with Crippen LogP contribution in [0, 0.1) is 6.92 Å². The van der Waals surface area contributed by atoms with Gasteiger partial charge in [0.2, 0.25) is 0 Å². The Hall–Kier alpha value is -3.29. The number of hydrogen-bond donors (Lipinski definition) is 2. The first kappa shape index (κ1) is 24.8. The molecule has 6 nitrogen and oxygen atoms in total. The molecule has 1 aliphatic rings. The Bertz CT molecular complexity index is 1230. The van der Waals surface area contributed by atoms with Crippen LogP contribution in [-0.4, -0.2) is 25.1 Å². The lowest BCUT2D eigenvalue weighted by Gasteiger charge is -2.16. The van der Waals surface area contributed by atoms with E-state index in [0.29, 0.717) is 34.6 Å². The summed E-state index contributed by atoms with van der Waals surface area (Å²) in [7, 11) is 1.63. The molecule has 1 unspecified atom stereocenters. The van der Waals surface area contributed by atoms with E-state index in [-0.39, 0.29) is 11.4 Å². The highest BCUT2D eigenvalue weighted by atomic mass is 35.5. The van der Waals surface area contributed by atoms with E-state index in [1.54, 1.807) is 7.11 Å². The second-order valence-corrected chi connectivity index (χ2v) is 9.47. The number of rotatable bonds is 9. The summed E-state index contributed by atoms with van der Waals surface area (Å²) < 4.78 is 17.2. The zero-order valence-electron chi connectivity index (χ0n) is 19.8. The highest BCUT2D eigenvalue weighted by Crippen LogP contribution is 2.35. The quantitative estimate of drug-likeness (QED) is 0.332. The number of hydrogen-bond acceptors (Lipinski definition) is 6. The number of aryl methyl sites for hydroxylation is 1. The van der Waals surface area contributed by atoms with E-state index in [0.717, 1.165) is 28.1 Å². The molecule has 4 rings (SSSR count). The lowest BCUT2D eigenvalue weighted by atomic mass is 10.2.